The summed E-state index contributed by atoms with van der Waals surface area (Å²) in [6.07, 6.45) is 0. The maximum absolute atomic E-state index is 10.7. The van der Waals surface area contributed by atoms with Crippen molar-refractivity contribution in [2.75, 3.05) is 18.4 Å². The van der Waals surface area contributed by atoms with Crippen LogP contribution in [0, 0.1) is 17.0 Å². The van der Waals surface area contributed by atoms with Crippen molar-refractivity contribution in [3.8, 4) is 11.3 Å². The zero-order chi connectivity index (χ0) is 20.1. The molecular weight excluding hydrogens is 437 g/mol. The molecule has 1 aromatic heterocycles. The maximum atomic E-state index is 10.7. The second-order valence-corrected chi connectivity index (χ2v) is 7.07. The maximum Gasteiger partial charge on any atom is 0.271 e. The fourth-order valence-electron chi connectivity index (χ4n) is 2.63. The van der Waals surface area contributed by atoms with Crippen molar-refractivity contribution in [1.82, 2.24) is 5.32 Å². The van der Waals surface area contributed by atoms with Crippen LogP contribution in [0.3, 0.4) is 0 Å². The molecule has 0 saturated heterocycles. The zero-order valence-corrected chi connectivity index (χ0v) is 17.9. The lowest BCUT2D eigenvalue weighted by molar-refractivity contribution is -0.384. The van der Waals surface area contributed by atoms with E-state index >= 15 is 0 Å². The van der Waals surface area contributed by atoms with E-state index in [-0.39, 0.29) is 18.1 Å². The molecule has 0 unspecified atom stereocenters. The summed E-state index contributed by atoms with van der Waals surface area (Å²) in [5.41, 5.74) is 2.60. The third-order valence-corrected chi connectivity index (χ3v) is 4.92. The van der Waals surface area contributed by atoms with Crippen LogP contribution in [0.2, 0.25) is 10.0 Å². The highest BCUT2D eigenvalue weighted by atomic mass is 35.5. The summed E-state index contributed by atoms with van der Waals surface area (Å²) in [7, 11) is 0. The van der Waals surface area contributed by atoms with Crippen LogP contribution >= 0.6 is 35.6 Å². The van der Waals surface area contributed by atoms with E-state index in [4.69, 9.17) is 27.6 Å². The number of rotatable bonds is 8. The molecule has 29 heavy (non-hydrogen) atoms. The Morgan fingerprint density at radius 3 is 2.52 bits per heavy atom. The fraction of sp³-hybridized carbons (Fsp3) is 0.200. The highest BCUT2D eigenvalue weighted by Gasteiger charge is 2.09. The van der Waals surface area contributed by atoms with Crippen LogP contribution in [0.4, 0.5) is 11.4 Å². The molecule has 2 N–H and O–H groups in total. The van der Waals surface area contributed by atoms with Gasteiger partial charge in [-0.25, -0.2) is 0 Å². The number of nitro groups is 1. The van der Waals surface area contributed by atoms with Crippen molar-refractivity contribution < 1.29 is 9.34 Å². The quantitative estimate of drug-likeness (QED) is 0.243. The van der Waals surface area contributed by atoms with Crippen LogP contribution in [0.5, 0.6) is 0 Å². The third kappa shape index (κ3) is 6.11. The predicted octanol–water partition coefficient (Wildman–Crippen LogP) is 6.09. The largest absolute Gasteiger partial charge is 0.460 e. The second-order valence-electron chi connectivity index (χ2n) is 6.25. The van der Waals surface area contributed by atoms with E-state index in [1.807, 2.05) is 37.3 Å². The number of hydrogen-bond donors (Lipinski definition) is 2. The first-order chi connectivity index (χ1) is 13.4. The van der Waals surface area contributed by atoms with Crippen LogP contribution in [0.25, 0.3) is 11.3 Å². The molecule has 0 amide bonds. The molecule has 0 fully saturated rings. The standard InChI is InChI=1S/C20H19Cl2N3O3.ClH/c1-13-2-3-14(10-17(13)21)20-7-5-16(28-20)12-23-8-9-24-19-6-4-15(25(26)27)11-18(19)22;/h2-7,10-11,23-24H,8-9,12H2,1H3;1H. The van der Waals surface area contributed by atoms with E-state index in [9.17, 15) is 10.1 Å². The molecule has 0 radical (unpaired) electrons. The fourth-order valence-corrected chi connectivity index (χ4v) is 3.05. The number of nitro benzene ring substituents is 1. The number of nitrogens with zero attached hydrogens (tertiary/aromatic N) is 1. The summed E-state index contributed by atoms with van der Waals surface area (Å²) in [4.78, 5) is 10.3. The molecule has 2 aromatic carbocycles. The Morgan fingerprint density at radius 2 is 1.83 bits per heavy atom. The summed E-state index contributed by atoms with van der Waals surface area (Å²) in [6, 6.07) is 14.0. The Bertz CT molecular complexity index is 992. The van der Waals surface area contributed by atoms with Crippen LogP contribution in [0.15, 0.2) is 52.9 Å². The van der Waals surface area contributed by atoms with E-state index in [1.165, 1.54) is 12.1 Å². The number of aryl methyl sites for hydroxylation is 1. The van der Waals surface area contributed by atoms with Crippen molar-refractivity contribution in [3.63, 3.8) is 0 Å². The molecule has 1 heterocycles. The zero-order valence-electron chi connectivity index (χ0n) is 15.6. The van der Waals surface area contributed by atoms with Gasteiger partial charge in [0, 0.05) is 35.8 Å². The van der Waals surface area contributed by atoms with Crippen molar-refractivity contribution in [1.29, 1.82) is 0 Å². The second kappa shape index (κ2) is 10.5. The molecule has 0 aliphatic rings. The summed E-state index contributed by atoms with van der Waals surface area (Å²) in [5.74, 6) is 1.59. The summed E-state index contributed by atoms with van der Waals surface area (Å²) in [6.45, 7) is 3.81. The lowest BCUT2D eigenvalue weighted by atomic mass is 10.1. The first-order valence-corrected chi connectivity index (χ1v) is 9.43. The first kappa shape index (κ1) is 23.0. The lowest BCUT2D eigenvalue weighted by Crippen LogP contribution is -2.21. The van der Waals surface area contributed by atoms with Crippen molar-refractivity contribution in [2.24, 2.45) is 0 Å². The number of non-ortho nitro benzene ring substituents is 1. The van der Waals surface area contributed by atoms with Gasteiger partial charge in [-0.1, -0.05) is 35.3 Å². The van der Waals surface area contributed by atoms with Crippen LogP contribution in [-0.4, -0.2) is 18.0 Å². The highest BCUT2D eigenvalue weighted by Crippen LogP contribution is 2.27. The van der Waals surface area contributed by atoms with Gasteiger partial charge in [0.2, 0.25) is 0 Å². The predicted molar refractivity (Wildman–Crippen MR) is 119 cm³/mol. The van der Waals surface area contributed by atoms with E-state index in [1.54, 1.807) is 6.07 Å². The average Bonchev–Trinajstić information content (AvgIpc) is 3.13. The molecular formula is C20H20Cl3N3O3. The number of nitrogens with one attached hydrogen (secondary N) is 2. The van der Waals surface area contributed by atoms with Crippen molar-refractivity contribution in [3.05, 3.63) is 80.0 Å². The third-order valence-electron chi connectivity index (χ3n) is 4.20. The number of hydrogen-bond acceptors (Lipinski definition) is 5. The van der Waals surface area contributed by atoms with Gasteiger partial charge < -0.3 is 15.1 Å². The Balaban J connectivity index is 0.00000300. The molecule has 154 valence electrons. The minimum Gasteiger partial charge on any atom is -0.460 e. The smallest absolute Gasteiger partial charge is 0.271 e. The lowest BCUT2D eigenvalue weighted by Gasteiger charge is -2.08. The molecule has 3 aromatic rings. The van der Waals surface area contributed by atoms with Crippen LogP contribution in [-0.2, 0) is 6.54 Å². The molecule has 0 atom stereocenters. The monoisotopic (exact) mass is 455 g/mol. The van der Waals surface area contributed by atoms with E-state index in [0.29, 0.717) is 35.4 Å². The average molecular weight is 457 g/mol. The van der Waals surface area contributed by atoms with Gasteiger partial charge in [-0.05, 0) is 36.8 Å². The Morgan fingerprint density at radius 1 is 1.03 bits per heavy atom. The molecule has 0 saturated carbocycles. The molecule has 9 heteroatoms. The summed E-state index contributed by atoms with van der Waals surface area (Å²) >= 11 is 12.2. The molecule has 0 aliphatic heterocycles. The number of halogens is 3. The van der Waals surface area contributed by atoms with Gasteiger partial charge in [-0.3, -0.25) is 10.1 Å². The molecule has 3 rings (SSSR count). The SMILES string of the molecule is Cc1ccc(-c2ccc(CNCCNc3ccc([N+](=O)[O-])cc3Cl)o2)cc1Cl.Cl. The normalized spacial score (nSPS) is 10.4. The Kier molecular flexibility index (Phi) is 8.34. The van der Waals surface area contributed by atoms with E-state index < -0.39 is 4.92 Å². The molecule has 0 spiro atoms. The molecule has 6 nitrogen and oxygen atoms in total. The first-order valence-electron chi connectivity index (χ1n) is 8.68. The minimum atomic E-state index is -0.473. The minimum absolute atomic E-state index is 0. The van der Waals surface area contributed by atoms with Crippen molar-refractivity contribution in [2.45, 2.75) is 13.5 Å². The topological polar surface area (TPSA) is 80.3 Å². The Labute approximate surface area is 184 Å². The van der Waals surface area contributed by atoms with Gasteiger partial charge in [0.1, 0.15) is 11.5 Å². The van der Waals surface area contributed by atoms with Crippen LogP contribution < -0.4 is 10.6 Å². The highest BCUT2D eigenvalue weighted by molar-refractivity contribution is 6.33. The van der Waals surface area contributed by atoms with Gasteiger partial charge in [-0.15, -0.1) is 12.4 Å². The van der Waals surface area contributed by atoms with E-state index in [2.05, 4.69) is 10.6 Å². The molecule has 0 bridgehead atoms. The van der Waals surface area contributed by atoms with Gasteiger partial charge >= 0.3 is 0 Å². The van der Waals surface area contributed by atoms with Crippen LogP contribution in [0.1, 0.15) is 11.3 Å². The van der Waals surface area contributed by atoms with Gasteiger partial charge in [0.15, 0.2) is 0 Å². The molecule has 0 aliphatic carbocycles. The summed E-state index contributed by atoms with van der Waals surface area (Å²) < 4.78 is 5.86. The van der Waals surface area contributed by atoms with Gasteiger partial charge in [-0.2, -0.15) is 0 Å². The summed E-state index contributed by atoms with van der Waals surface area (Å²) in [5, 5.41) is 18.2. The number of benzene rings is 2. The van der Waals surface area contributed by atoms with E-state index in [0.717, 1.165) is 22.6 Å². The van der Waals surface area contributed by atoms with Crippen molar-refractivity contribution >= 4 is 47.0 Å². The van der Waals surface area contributed by atoms with Gasteiger partial charge in [0.25, 0.3) is 5.69 Å². The Hall–Kier alpha value is -2.25. The van der Waals surface area contributed by atoms with Gasteiger partial charge in [0.05, 0.1) is 22.2 Å². The number of anilines is 1. The number of furan rings is 1.